The van der Waals surface area contributed by atoms with E-state index in [-0.39, 0.29) is 0 Å². The summed E-state index contributed by atoms with van der Waals surface area (Å²) in [5.74, 6) is 0.367. The van der Waals surface area contributed by atoms with E-state index in [0.717, 1.165) is 24.4 Å². The Kier molecular flexibility index (Phi) is 3.56. The predicted molar refractivity (Wildman–Crippen MR) is 69.4 cm³/mol. The topological polar surface area (TPSA) is 23.5 Å². The third kappa shape index (κ3) is 2.25. The molecule has 1 N–H and O–H groups in total. The number of aliphatic hydroxyl groups excluding tert-OH is 1. The first-order valence-corrected chi connectivity index (χ1v) is 6.15. The first-order valence-electron chi connectivity index (χ1n) is 5.75. The van der Waals surface area contributed by atoms with Crippen molar-refractivity contribution in [1.82, 2.24) is 4.90 Å². The van der Waals surface area contributed by atoms with Crippen LogP contribution in [0.5, 0.6) is 0 Å². The van der Waals surface area contributed by atoms with Crippen LogP contribution in [0, 0.1) is 0 Å². The van der Waals surface area contributed by atoms with Crippen LogP contribution in [0.1, 0.15) is 31.2 Å². The second kappa shape index (κ2) is 4.93. The molecule has 16 heavy (non-hydrogen) atoms. The number of aliphatic hydroxyl groups is 1. The summed E-state index contributed by atoms with van der Waals surface area (Å²) in [6.07, 6.45) is 1.24. The number of piperidine rings is 1. The monoisotopic (exact) mass is 235 g/mol. The summed E-state index contributed by atoms with van der Waals surface area (Å²) in [6, 6.07) is 10.3. The van der Waals surface area contributed by atoms with Gasteiger partial charge in [-0.3, -0.25) is 0 Å². The SMILES string of the molecule is CCN1C(=S)C[C@@H](c2ccccc2)C[C@@H]1O. The lowest BCUT2D eigenvalue weighted by molar-refractivity contribution is 0.0317. The lowest BCUT2D eigenvalue weighted by Crippen LogP contribution is -2.44. The van der Waals surface area contributed by atoms with E-state index in [1.165, 1.54) is 5.56 Å². The van der Waals surface area contributed by atoms with E-state index in [4.69, 9.17) is 12.2 Å². The molecule has 0 spiro atoms. The summed E-state index contributed by atoms with van der Waals surface area (Å²) < 4.78 is 0. The number of hydrogen-bond acceptors (Lipinski definition) is 2. The van der Waals surface area contributed by atoms with Gasteiger partial charge in [0.25, 0.3) is 0 Å². The molecular weight excluding hydrogens is 218 g/mol. The van der Waals surface area contributed by atoms with E-state index in [1.54, 1.807) is 0 Å². The van der Waals surface area contributed by atoms with Crippen LogP contribution in [0.2, 0.25) is 0 Å². The Hall–Kier alpha value is -0.930. The number of rotatable bonds is 2. The van der Waals surface area contributed by atoms with E-state index >= 15 is 0 Å². The molecule has 1 heterocycles. The predicted octanol–water partition coefficient (Wildman–Crippen LogP) is 2.53. The lowest BCUT2D eigenvalue weighted by atomic mass is 9.88. The molecule has 2 atom stereocenters. The van der Waals surface area contributed by atoms with Crippen molar-refractivity contribution in [3.8, 4) is 0 Å². The summed E-state index contributed by atoms with van der Waals surface area (Å²) in [5.41, 5.74) is 1.28. The van der Waals surface area contributed by atoms with Gasteiger partial charge in [-0.1, -0.05) is 42.5 Å². The highest BCUT2D eigenvalue weighted by molar-refractivity contribution is 7.80. The van der Waals surface area contributed by atoms with E-state index < -0.39 is 6.23 Å². The van der Waals surface area contributed by atoms with Crippen molar-refractivity contribution in [1.29, 1.82) is 0 Å². The largest absolute Gasteiger partial charge is 0.374 e. The molecule has 2 rings (SSSR count). The second-order valence-electron chi connectivity index (χ2n) is 4.21. The van der Waals surface area contributed by atoms with Crippen molar-refractivity contribution < 1.29 is 5.11 Å². The third-order valence-corrected chi connectivity index (χ3v) is 3.61. The first kappa shape index (κ1) is 11.6. The molecule has 2 nitrogen and oxygen atoms in total. The van der Waals surface area contributed by atoms with E-state index in [1.807, 2.05) is 30.0 Å². The maximum Gasteiger partial charge on any atom is 0.127 e. The minimum Gasteiger partial charge on any atom is -0.374 e. The summed E-state index contributed by atoms with van der Waals surface area (Å²) in [7, 11) is 0. The average Bonchev–Trinajstić information content (AvgIpc) is 2.30. The van der Waals surface area contributed by atoms with Gasteiger partial charge in [0.2, 0.25) is 0 Å². The van der Waals surface area contributed by atoms with Crippen LogP contribution in [0.3, 0.4) is 0 Å². The fourth-order valence-electron chi connectivity index (χ4n) is 2.33. The van der Waals surface area contributed by atoms with Gasteiger partial charge in [-0.2, -0.15) is 0 Å². The molecule has 1 aromatic rings. The summed E-state index contributed by atoms with van der Waals surface area (Å²) in [4.78, 5) is 2.80. The zero-order valence-electron chi connectivity index (χ0n) is 9.47. The van der Waals surface area contributed by atoms with Gasteiger partial charge in [0.1, 0.15) is 6.23 Å². The zero-order chi connectivity index (χ0) is 11.5. The highest BCUT2D eigenvalue weighted by atomic mass is 32.1. The van der Waals surface area contributed by atoms with Crippen LogP contribution in [-0.4, -0.2) is 27.8 Å². The van der Waals surface area contributed by atoms with E-state index in [0.29, 0.717) is 5.92 Å². The summed E-state index contributed by atoms with van der Waals surface area (Å²) >= 11 is 5.35. The van der Waals surface area contributed by atoms with Gasteiger partial charge in [-0.25, -0.2) is 0 Å². The van der Waals surface area contributed by atoms with Crippen LogP contribution < -0.4 is 0 Å². The molecule has 1 aliphatic rings. The van der Waals surface area contributed by atoms with Crippen molar-refractivity contribution in [3.05, 3.63) is 35.9 Å². The fourth-order valence-corrected chi connectivity index (χ4v) is 2.78. The van der Waals surface area contributed by atoms with Gasteiger partial charge < -0.3 is 10.0 Å². The Morgan fingerprint density at radius 2 is 2.06 bits per heavy atom. The molecule has 1 aromatic carbocycles. The van der Waals surface area contributed by atoms with Gasteiger partial charge in [-0.05, 0) is 24.8 Å². The number of likely N-dealkylation sites (tertiary alicyclic amines) is 1. The Labute approximate surface area is 102 Å². The molecule has 0 bridgehead atoms. The van der Waals surface area contributed by atoms with Crippen LogP contribution in [0.25, 0.3) is 0 Å². The average molecular weight is 235 g/mol. The zero-order valence-corrected chi connectivity index (χ0v) is 10.3. The molecule has 86 valence electrons. The number of nitrogens with zero attached hydrogens (tertiary/aromatic N) is 1. The highest BCUT2D eigenvalue weighted by Gasteiger charge is 2.29. The van der Waals surface area contributed by atoms with E-state index in [2.05, 4.69) is 12.1 Å². The molecule has 0 unspecified atom stereocenters. The maximum absolute atomic E-state index is 10.0. The van der Waals surface area contributed by atoms with Gasteiger partial charge >= 0.3 is 0 Å². The Balaban J connectivity index is 2.14. The number of hydrogen-bond donors (Lipinski definition) is 1. The molecule has 0 amide bonds. The Morgan fingerprint density at radius 1 is 1.38 bits per heavy atom. The standard InChI is InChI=1S/C13H17NOS/c1-2-14-12(15)8-11(9-13(14)16)10-6-4-3-5-7-10/h3-7,11-12,15H,2,8-9H2,1H3/t11-,12-/m0/s1. The van der Waals surface area contributed by atoms with Crippen molar-refractivity contribution in [2.75, 3.05) is 6.54 Å². The molecule has 0 aromatic heterocycles. The summed E-state index contributed by atoms with van der Waals surface area (Å²) in [6.45, 7) is 2.82. The van der Waals surface area contributed by atoms with Gasteiger partial charge in [0.15, 0.2) is 0 Å². The molecular formula is C13H17NOS. The van der Waals surface area contributed by atoms with Crippen molar-refractivity contribution >= 4 is 17.2 Å². The lowest BCUT2D eigenvalue weighted by Gasteiger charge is -2.38. The molecule has 3 heteroatoms. The Bertz CT molecular complexity index is 365. The van der Waals surface area contributed by atoms with E-state index in [9.17, 15) is 5.11 Å². The fraction of sp³-hybridized carbons (Fsp3) is 0.462. The normalized spacial score (nSPS) is 25.9. The van der Waals surface area contributed by atoms with Gasteiger partial charge in [-0.15, -0.1) is 0 Å². The molecule has 0 radical (unpaired) electrons. The molecule has 0 aliphatic carbocycles. The van der Waals surface area contributed by atoms with Crippen LogP contribution in [-0.2, 0) is 0 Å². The van der Waals surface area contributed by atoms with Crippen LogP contribution in [0.15, 0.2) is 30.3 Å². The van der Waals surface area contributed by atoms with Crippen molar-refractivity contribution in [3.63, 3.8) is 0 Å². The smallest absolute Gasteiger partial charge is 0.127 e. The highest BCUT2D eigenvalue weighted by Crippen LogP contribution is 2.31. The quantitative estimate of drug-likeness (QED) is 0.797. The van der Waals surface area contributed by atoms with Gasteiger partial charge in [0, 0.05) is 13.0 Å². The third-order valence-electron chi connectivity index (χ3n) is 3.21. The van der Waals surface area contributed by atoms with Gasteiger partial charge in [0.05, 0.1) is 4.99 Å². The molecule has 1 saturated heterocycles. The number of thiocarbonyl (C=S) groups is 1. The minimum absolute atomic E-state index is 0.367. The molecule has 0 saturated carbocycles. The van der Waals surface area contributed by atoms with Crippen molar-refractivity contribution in [2.45, 2.75) is 31.9 Å². The maximum atomic E-state index is 10.0. The van der Waals surface area contributed by atoms with Crippen molar-refractivity contribution in [2.24, 2.45) is 0 Å². The summed E-state index contributed by atoms with van der Waals surface area (Å²) in [5, 5.41) is 10.0. The minimum atomic E-state index is -0.420. The van der Waals surface area contributed by atoms with Crippen LogP contribution in [0.4, 0.5) is 0 Å². The molecule has 1 fully saturated rings. The Morgan fingerprint density at radius 3 is 2.62 bits per heavy atom. The van der Waals surface area contributed by atoms with Crippen LogP contribution >= 0.6 is 12.2 Å². The second-order valence-corrected chi connectivity index (χ2v) is 4.68. The first-order chi connectivity index (χ1) is 7.72. The number of benzene rings is 1. The molecule has 1 aliphatic heterocycles.